The third-order valence-electron chi connectivity index (χ3n) is 4.54. The number of piperidine rings is 1. The fourth-order valence-electron chi connectivity index (χ4n) is 3.01. The molecule has 3 rings (SSSR count). The SMILES string of the molecule is O=C(O)N1CCC(O)(c2ccc(-c3ccc(Cl)c(Cl)c3)cc2)CC1. The van der Waals surface area contributed by atoms with Crippen LogP contribution in [0.25, 0.3) is 11.1 Å². The molecule has 2 aromatic carbocycles. The number of carboxylic acid groups (broad SMARTS) is 1. The summed E-state index contributed by atoms with van der Waals surface area (Å²) in [5.74, 6) is 0. The van der Waals surface area contributed by atoms with Crippen molar-refractivity contribution in [2.75, 3.05) is 13.1 Å². The number of amides is 1. The molecule has 0 saturated carbocycles. The third-order valence-corrected chi connectivity index (χ3v) is 5.28. The zero-order chi connectivity index (χ0) is 17.3. The largest absolute Gasteiger partial charge is 0.465 e. The van der Waals surface area contributed by atoms with Crippen molar-refractivity contribution in [1.29, 1.82) is 0 Å². The van der Waals surface area contributed by atoms with Gasteiger partial charge in [0.2, 0.25) is 0 Å². The van der Waals surface area contributed by atoms with E-state index in [-0.39, 0.29) is 0 Å². The number of likely N-dealkylation sites (tertiary alicyclic amines) is 1. The van der Waals surface area contributed by atoms with Crippen LogP contribution in [0.3, 0.4) is 0 Å². The second-order valence-electron chi connectivity index (χ2n) is 6.01. The topological polar surface area (TPSA) is 60.8 Å². The van der Waals surface area contributed by atoms with Crippen LogP contribution in [0.15, 0.2) is 42.5 Å². The van der Waals surface area contributed by atoms with Crippen molar-refractivity contribution in [3.8, 4) is 11.1 Å². The van der Waals surface area contributed by atoms with Gasteiger partial charge in [0, 0.05) is 13.1 Å². The molecule has 6 heteroatoms. The Labute approximate surface area is 150 Å². The molecule has 1 amide bonds. The molecule has 126 valence electrons. The second-order valence-corrected chi connectivity index (χ2v) is 6.82. The molecule has 4 nitrogen and oxygen atoms in total. The molecule has 1 saturated heterocycles. The van der Waals surface area contributed by atoms with Crippen molar-refractivity contribution in [3.05, 3.63) is 58.1 Å². The van der Waals surface area contributed by atoms with Crippen molar-refractivity contribution in [3.63, 3.8) is 0 Å². The lowest BCUT2D eigenvalue weighted by Gasteiger charge is -2.37. The highest BCUT2D eigenvalue weighted by atomic mass is 35.5. The Morgan fingerprint density at radius 2 is 1.54 bits per heavy atom. The van der Waals surface area contributed by atoms with E-state index in [0.29, 0.717) is 36.0 Å². The van der Waals surface area contributed by atoms with Gasteiger partial charge in [0.15, 0.2) is 0 Å². The number of rotatable bonds is 2. The Kier molecular flexibility index (Phi) is 4.72. The van der Waals surface area contributed by atoms with Crippen molar-refractivity contribution < 1.29 is 15.0 Å². The summed E-state index contributed by atoms with van der Waals surface area (Å²) < 4.78 is 0. The van der Waals surface area contributed by atoms with Crippen LogP contribution in [-0.2, 0) is 5.60 Å². The lowest BCUT2D eigenvalue weighted by atomic mass is 9.84. The average molecular weight is 366 g/mol. The minimum absolute atomic E-state index is 0.334. The van der Waals surface area contributed by atoms with E-state index in [2.05, 4.69) is 0 Å². The first-order valence-electron chi connectivity index (χ1n) is 7.65. The minimum Gasteiger partial charge on any atom is -0.465 e. The average Bonchev–Trinajstić information content (AvgIpc) is 2.58. The minimum atomic E-state index is -0.984. The Morgan fingerprint density at radius 3 is 2.08 bits per heavy atom. The van der Waals surface area contributed by atoms with E-state index in [4.69, 9.17) is 28.3 Å². The van der Waals surface area contributed by atoms with E-state index in [0.717, 1.165) is 16.7 Å². The molecule has 0 aliphatic carbocycles. The maximum absolute atomic E-state index is 11.0. The predicted molar refractivity (Wildman–Crippen MR) is 94.6 cm³/mol. The molecule has 1 aliphatic heterocycles. The van der Waals surface area contributed by atoms with Gasteiger partial charge in [-0.1, -0.05) is 53.5 Å². The molecule has 0 unspecified atom stereocenters. The third kappa shape index (κ3) is 3.36. The molecular formula is C18H17Cl2NO3. The van der Waals surface area contributed by atoms with Crippen LogP contribution in [0.5, 0.6) is 0 Å². The molecule has 2 aromatic rings. The molecule has 24 heavy (non-hydrogen) atoms. The summed E-state index contributed by atoms with van der Waals surface area (Å²) in [6, 6.07) is 13.1. The Morgan fingerprint density at radius 1 is 0.958 bits per heavy atom. The standard InChI is InChI=1S/C18H17Cl2NO3/c19-15-6-3-13(11-16(15)20)12-1-4-14(5-2-12)18(24)7-9-21(10-8-18)17(22)23/h1-6,11,24H,7-10H2,(H,22,23). The van der Waals surface area contributed by atoms with E-state index in [9.17, 15) is 9.90 Å². The Hall–Kier alpha value is -1.75. The lowest BCUT2D eigenvalue weighted by Crippen LogP contribution is -2.44. The van der Waals surface area contributed by atoms with Crippen molar-refractivity contribution in [2.45, 2.75) is 18.4 Å². The molecule has 0 atom stereocenters. The zero-order valence-electron chi connectivity index (χ0n) is 12.9. The maximum Gasteiger partial charge on any atom is 0.407 e. The van der Waals surface area contributed by atoms with Gasteiger partial charge < -0.3 is 15.1 Å². The smallest absolute Gasteiger partial charge is 0.407 e. The number of nitrogens with zero attached hydrogens (tertiary/aromatic N) is 1. The summed E-state index contributed by atoms with van der Waals surface area (Å²) in [6.07, 6.45) is -0.149. The van der Waals surface area contributed by atoms with Crippen LogP contribution in [0.4, 0.5) is 4.79 Å². The zero-order valence-corrected chi connectivity index (χ0v) is 14.4. The Balaban J connectivity index is 1.79. The summed E-state index contributed by atoms with van der Waals surface area (Å²) in [6.45, 7) is 0.667. The summed E-state index contributed by atoms with van der Waals surface area (Å²) >= 11 is 12.0. The fourth-order valence-corrected chi connectivity index (χ4v) is 3.30. The van der Waals surface area contributed by atoms with Gasteiger partial charge in [0.05, 0.1) is 15.6 Å². The molecule has 0 bridgehead atoms. The molecular weight excluding hydrogens is 349 g/mol. The molecule has 0 spiro atoms. The van der Waals surface area contributed by atoms with Crippen molar-refractivity contribution in [2.24, 2.45) is 0 Å². The quantitative estimate of drug-likeness (QED) is 0.815. The van der Waals surface area contributed by atoms with Crippen LogP contribution in [-0.4, -0.2) is 34.3 Å². The van der Waals surface area contributed by atoms with E-state index < -0.39 is 11.7 Å². The fraction of sp³-hybridized carbons (Fsp3) is 0.278. The number of hydrogen-bond donors (Lipinski definition) is 2. The van der Waals surface area contributed by atoms with Crippen LogP contribution in [0.1, 0.15) is 18.4 Å². The van der Waals surface area contributed by atoms with Gasteiger partial charge in [-0.05, 0) is 41.7 Å². The maximum atomic E-state index is 11.0. The first-order valence-corrected chi connectivity index (χ1v) is 8.41. The number of aliphatic hydroxyl groups is 1. The van der Waals surface area contributed by atoms with Gasteiger partial charge in [0.25, 0.3) is 0 Å². The van der Waals surface area contributed by atoms with Crippen LogP contribution >= 0.6 is 23.2 Å². The van der Waals surface area contributed by atoms with Crippen molar-refractivity contribution in [1.82, 2.24) is 4.90 Å². The first-order chi connectivity index (χ1) is 11.4. The summed E-state index contributed by atoms with van der Waals surface area (Å²) in [7, 11) is 0. The number of hydrogen-bond acceptors (Lipinski definition) is 2. The highest BCUT2D eigenvalue weighted by Gasteiger charge is 2.35. The summed E-state index contributed by atoms with van der Waals surface area (Å²) in [5.41, 5.74) is 1.74. The summed E-state index contributed by atoms with van der Waals surface area (Å²) in [5, 5.41) is 20.8. The van der Waals surface area contributed by atoms with E-state index in [1.54, 1.807) is 12.1 Å². The van der Waals surface area contributed by atoms with Gasteiger partial charge >= 0.3 is 6.09 Å². The van der Waals surface area contributed by atoms with E-state index in [1.807, 2.05) is 30.3 Å². The predicted octanol–water partition coefficient (Wildman–Crippen LogP) is 4.62. The van der Waals surface area contributed by atoms with Crippen LogP contribution in [0, 0.1) is 0 Å². The van der Waals surface area contributed by atoms with Gasteiger partial charge in [-0.15, -0.1) is 0 Å². The highest BCUT2D eigenvalue weighted by Crippen LogP contribution is 2.35. The monoisotopic (exact) mass is 365 g/mol. The Bertz CT molecular complexity index is 753. The lowest BCUT2D eigenvalue weighted by molar-refractivity contribution is -0.0213. The molecule has 1 fully saturated rings. The molecule has 1 aliphatic rings. The van der Waals surface area contributed by atoms with Crippen molar-refractivity contribution >= 4 is 29.3 Å². The number of halogens is 2. The molecule has 1 heterocycles. The normalized spacial score (nSPS) is 16.9. The number of benzene rings is 2. The van der Waals surface area contributed by atoms with Crippen LogP contribution < -0.4 is 0 Å². The molecule has 2 N–H and O–H groups in total. The van der Waals surface area contributed by atoms with Gasteiger partial charge in [-0.25, -0.2) is 4.79 Å². The highest BCUT2D eigenvalue weighted by molar-refractivity contribution is 6.42. The van der Waals surface area contributed by atoms with E-state index in [1.165, 1.54) is 4.90 Å². The van der Waals surface area contributed by atoms with Gasteiger partial charge in [0.1, 0.15) is 0 Å². The number of carbonyl (C=O) groups is 1. The first kappa shape index (κ1) is 17.1. The molecule has 0 aromatic heterocycles. The second kappa shape index (κ2) is 6.63. The van der Waals surface area contributed by atoms with Gasteiger partial charge in [-0.2, -0.15) is 0 Å². The van der Waals surface area contributed by atoms with E-state index >= 15 is 0 Å². The molecule has 0 radical (unpaired) electrons. The summed E-state index contributed by atoms with van der Waals surface area (Å²) in [4.78, 5) is 12.3. The van der Waals surface area contributed by atoms with Crippen LogP contribution in [0.2, 0.25) is 10.0 Å². The van der Waals surface area contributed by atoms with Gasteiger partial charge in [-0.3, -0.25) is 0 Å².